The van der Waals surface area contributed by atoms with Gasteiger partial charge in [-0.1, -0.05) is 43.7 Å². The lowest BCUT2D eigenvalue weighted by molar-refractivity contribution is 0.215. The van der Waals surface area contributed by atoms with E-state index in [4.69, 9.17) is 0 Å². The van der Waals surface area contributed by atoms with Gasteiger partial charge in [-0.05, 0) is 29.7 Å². The number of aromatic nitrogens is 1. The van der Waals surface area contributed by atoms with Crippen LogP contribution in [0.3, 0.4) is 0 Å². The average molecular weight is 227 g/mol. The molecule has 2 rings (SSSR count). The van der Waals surface area contributed by atoms with Gasteiger partial charge in [-0.25, -0.2) is 0 Å². The second-order valence-electron chi connectivity index (χ2n) is 4.15. The van der Waals surface area contributed by atoms with Crippen molar-refractivity contribution in [3.63, 3.8) is 0 Å². The number of aliphatic hydroxyl groups is 1. The van der Waals surface area contributed by atoms with Crippen LogP contribution in [0, 0.1) is 0 Å². The third kappa shape index (κ3) is 2.92. The van der Waals surface area contributed by atoms with E-state index in [1.54, 1.807) is 6.20 Å². The van der Waals surface area contributed by atoms with Gasteiger partial charge in [0.05, 0.1) is 5.69 Å². The summed E-state index contributed by atoms with van der Waals surface area (Å²) in [6.07, 6.45) is 3.27. The average Bonchev–Trinajstić information content (AvgIpc) is 2.40. The van der Waals surface area contributed by atoms with E-state index in [-0.39, 0.29) is 0 Å². The van der Waals surface area contributed by atoms with Crippen LogP contribution >= 0.6 is 0 Å². The highest BCUT2D eigenvalue weighted by Crippen LogP contribution is 2.20. The molecule has 1 atom stereocenters. The van der Waals surface area contributed by atoms with Gasteiger partial charge in [0.2, 0.25) is 0 Å². The van der Waals surface area contributed by atoms with Crippen LogP contribution in [0.4, 0.5) is 0 Å². The minimum atomic E-state index is -0.631. The van der Waals surface area contributed by atoms with Gasteiger partial charge in [-0.3, -0.25) is 4.98 Å². The molecule has 0 radical (unpaired) electrons. The van der Waals surface area contributed by atoms with Gasteiger partial charge >= 0.3 is 0 Å². The fraction of sp³-hybridized carbons (Fsp3) is 0.267. The smallest absolute Gasteiger partial charge is 0.121 e. The Morgan fingerprint density at radius 1 is 1.18 bits per heavy atom. The molecular weight excluding hydrogens is 210 g/mol. The SMILES string of the molecule is CCCc1ccnc(C(O)c2ccccc2)c1. The van der Waals surface area contributed by atoms with E-state index in [1.807, 2.05) is 42.5 Å². The molecule has 0 aliphatic carbocycles. The minimum absolute atomic E-state index is 0.631. The molecule has 0 saturated carbocycles. The zero-order valence-corrected chi connectivity index (χ0v) is 10.0. The summed E-state index contributed by atoms with van der Waals surface area (Å²) in [6, 6.07) is 13.6. The highest BCUT2D eigenvalue weighted by molar-refractivity contribution is 5.27. The third-order valence-corrected chi connectivity index (χ3v) is 2.78. The topological polar surface area (TPSA) is 33.1 Å². The van der Waals surface area contributed by atoms with Crippen molar-refractivity contribution in [2.45, 2.75) is 25.9 Å². The molecule has 2 nitrogen and oxygen atoms in total. The van der Waals surface area contributed by atoms with E-state index in [9.17, 15) is 5.11 Å². The van der Waals surface area contributed by atoms with Crippen LogP contribution < -0.4 is 0 Å². The van der Waals surface area contributed by atoms with Gasteiger partial charge in [0.15, 0.2) is 0 Å². The van der Waals surface area contributed by atoms with Crippen LogP contribution in [0.5, 0.6) is 0 Å². The lowest BCUT2D eigenvalue weighted by Crippen LogP contribution is -2.02. The molecule has 2 heteroatoms. The van der Waals surface area contributed by atoms with E-state index >= 15 is 0 Å². The van der Waals surface area contributed by atoms with Crippen molar-refractivity contribution in [3.8, 4) is 0 Å². The maximum atomic E-state index is 10.2. The maximum absolute atomic E-state index is 10.2. The lowest BCUT2D eigenvalue weighted by atomic mass is 10.0. The van der Waals surface area contributed by atoms with Crippen molar-refractivity contribution in [2.24, 2.45) is 0 Å². The van der Waals surface area contributed by atoms with Crippen LogP contribution in [0.2, 0.25) is 0 Å². The summed E-state index contributed by atoms with van der Waals surface area (Å²) in [6.45, 7) is 2.15. The molecule has 1 aromatic heterocycles. The van der Waals surface area contributed by atoms with Gasteiger partial charge in [0.25, 0.3) is 0 Å². The summed E-state index contributed by atoms with van der Waals surface area (Å²) < 4.78 is 0. The molecule has 88 valence electrons. The van der Waals surface area contributed by atoms with Crippen molar-refractivity contribution in [3.05, 3.63) is 65.5 Å². The molecule has 17 heavy (non-hydrogen) atoms. The number of benzene rings is 1. The number of pyridine rings is 1. The van der Waals surface area contributed by atoms with Crippen molar-refractivity contribution >= 4 is 0 Å². The highest BCUT2D eigenvalue weighted by atomic mass is 16.3. The first-order valence-corrected chi connectivity index (χ1v) is 5.99. The predicted octanol–water partition coefficient (Wildman–Crippen LogP) is 3.12. The van der Waals surface area contributed by atoms with Crippen molar-refractivity contribution < 1.29 is 5.11 Å². The normalized spacial score (nSPS) is 12.4. The first kappa shape index (κ1) is 11.8. The second kappa shape index (κ2) is 5.60. The third-order valence-electron chi connectivity index (χ3n) is 2.78. The molecule has 0 fully saturated rings. The van der Waals surface area contributed by atoms with Crippen LogP contribution in [-0.2, 0) is 6.42 Å². The molecule has 0 spiro atoms. The fourth-order valence-corrected chi connectivity index (χ4v) is 1.89. The maximum Gasteiger partial charge on any atom is 0.121 e. The number of aliphatic hydroxyl groups excluding tert-OH is 1. The number of hydrogen-bond acceptors (Lipinski definition) is 2. The van der Waals surface area contributed by atoms with Gasteiger partial charge < -0.3 is 5.11 Å². The van der Waals surface area contributed by atoms with Gasteiger partial charge in [-0.2, -0.15) is 0 Å². The van der Waals surface area contributed by atoms with E-state index in [0.29, 0.717) is 0 Å². The number of rotatable bonds is 4. The summed E-state index contributed by atoms with van der Waals surface area (Å²) in [5.74, 6) is 0. The summed E-state index contributed by atoms with van der Waals surface area (Å²) in [5, 5.41) is 10.2. The van der Waals surface area contributed by atoms with Crippen molar-refractivity contribution in [1.82, 2.24) is 4.98 Å². The molecule has 0 aliphatic heterocycles. The molecule has 1 aromatic carbocycles. The quantitative estimate of drug-likeness (QED) is 0.870. The summed E-state index contributed by atoms with van der Waals surface area (Å²) in [4.78, 5) is 4.25. The molecule has 1 heterocycles. The van der Waals surface area contributed by atoms with Gasteiger partial charge in [0.1, 0.15) is 6.10 Å². The van der Waals surface area contributed by atoms with E-state index in [2.05, 4.69) is 11.9 Å². The largest absolute Gasteiger partial charge is 0.382 e. The standard InChI is InChI=1S/C15H17NO/c1-2-6-12-9-10-16-14(11-12)15(17)13-7-4-3-5-8-13/h3-5,7-11,15,17H,2,6H2,1H3. The number of nitrogens with zero attached hydrogens (tertiary/aromatic N) is 1. The first-order chi connectivity index (χ1) is 8.31. The highest BCUT2D eigenvalue weighted by Gasteiger charge is 2.11. The molecule has 1 N–H and O–H groups in total. The Bertz CT molecular complexity index is 467. The second-order valence-corrected chi connectivity index (χ2v) is 4.15. The molecule has 2 aromatic rings. The minimum Gasteiger partial charge on any atom is -0.382 e. The Morgan fingerprint density at radius 3 is 2.65 bits per heavy atom. The molecule has 0 bridgehead atoms. The zero-order chi connectivity index (χ0) is 12.1. The first-order valence-electron chi connectivity index (χ1n) is 5.99. The number of hydrogen-bond donors (Lipinski definition) is 1. The van der Waals surface area contributed by atoms with Crippen molar-refractivity contribution in [2.75, 3.05) is 0 Å². The van der Waals surface area contributed by atoms with Crippen molar-refractivity contribution in [1.29, 1.82) is 0 Å². The molecule has 1 unspecified atom stereocenters. The van der Waals surface area contributed by atoms with E-state index < -0.39 is 6.10 Å². The predicted molar refractivity (Wildman–Crippen MR) is 68.7 cm³/mol. The van der Waals surface area contributed by atoms with Gasteiger partial charge in [-0.15, -0.1) is 0 Å². The van der Waals surface area contributed by atoms with Crippen LogP contribution in [0.1, 0.15) is 36.3 Å². The van der Waals surface area contributed by atoms with Gasteiger partial charge in [0, 0.05) is 6.20 Å². The summed E-state index contributed by atoms with van der Waals surface area (Å²) >= 11 is 0. The monoisotopic (exact) mass is 227 g/mol. The number of aryl methyl sites for hydroxylation is 1. The Morgan fingerprint density at radius 2 is 1.94 bits per heavy atom. The van der Waals surface area contributed by atoms with E-state index in [1.165, 1.54) is 5.56 Å². The summed E-state index contributed by atoms with van der Waals surface area (Å²) in [5.41, 5.74) is 2.84. The zero-order valence-electron chi connectivity index (χ0n) is 10.0. The molecule has 0 aliphatic rings. The van der Waals surface area contributed by atoms with Crippen LogP contribution in [0.25, 0.3) is 0 Å². The van der Waals surface area contributed by atoms with E-state index in [0.717, 1.165) is 24.1 Å². The Labute approximate surface area is 102 Å². The molecule has 0 amide bonds. The Balaban J connectivity index is 2.25. The summed E-state index contributed by atoms with van der Waals surface area (Å²) in [7, 11) is 0. The molecule has 0 saturated heterocycles. The lowest BCUT2D eigenvalue weighted by Gasteiger charge is -2.11. The fourth-order valence-electron chi connectivity index (χ4n) is 1.89. The van der Waals surface area contributed by atoms with Crippen LogP contribution in [0.15, 0.2) is 48.7 Å². The Hall–Kier alpha value is -1.67. The molecular formula is C15H17NO. The Kier molecular flexibility index (Phi) is 3.89. The van der Waals surface area contributed by atoms with Crippen LogP contribution in [-0.4, -0.2) is 10.1 Å².